The third-order valence-electron chi connectivity index (χ3n) is 1.96. The first-order valence-electron chi connectivity index (χ1n) is 3.98. The quantitative estimate of drug-likeness (QED) is 0.364. The Morgan fingerprint density at radius 3 is 2.71 bits per heavy atom. The van der Waals surface area contributed by atoms with Crippen LogP contribution in [0.25, 0.3) is 0 Å². The van der Waals surface area contributed by atoms with E-state index in [9.17, 15) is 0 Å². The Morgan fingerprint density at radius 1 is 1.64 bits per heavy atom. The highest BCUT2D eigenvalue weighted by Crippen LogP contribution is 2.34. The van der Waals surface area contributed by atoms with Crippen LogP contribution in [0, 0.1) is 18.3 Å². The van der Waals surface area contributed by atoms with Crippen molar-refractivity contribution < 1.29 is 0 Å². The molecular formula is C9H11N3S2. The molecule has 3 nitrogen and oxygen atoms in total. The van der Waals surface area contributed by atoms with Crippen LogP contribution in [0.4, 0.5) is 0 Å². The fourth-order valence-electron chi connectivity index (χ4n) is 1.22. The highest BCUT2D eigenvalue weighted by Gasteiger charge is 2.16. The normalized spacial score (nSPS) is 11.4. The van der Waals surface area contributed by atoms with Crippen LogP contribution in [0.2, 0.25) is 0 Å². The van der Waals surface area contributed by atoms with Gasteiger partial charge in [0.05, 0.1) is 9.92 Å². The maximum Gasteiger partial charge on any atom is 0.110 e. The molecule has 0 saturated carbocycles. The standard InChI is InChI=1S/C9H11N3S2/c1-5-7(4-10)14-9(13-3)8(5)6(2)12-11/h11H2,1-3H3. The largest absolute Gasteiger partial charge is 0.323 e. The predicted molar refractivity (Wildman–Crippen MR) is 62.0 cm³/mol. The molecule has 0 unspecified atom stereocenters. The average Bonchev–Trinajstić information content (AvgIpc) is 2.53. The van der Waals surface area contributed by atoms with Gasteiger partial charge in [-0.1, -0.05) is 0 Å². The van der Waals surface area contributed by atoms with Crippen molar-refractivity contribution in [2.24, 2.45) is 10.9 Å². The van der Waals surface area contributed by atoms with Gasteiger partial charge in [0.15, 0.2) is 0 Å². The van der Waals surface area contributed by atoms with Gasteiger partial charge in [0.1, 0.15) is 10.9 Å². The monoisotopic (exact) mass is 225 g/mol. The first-order valence-corrected chi connectivity index (χ1v) is 6.02. The molecule has 0 aliphatic carbocycles. The summed E-state index contributed by atoms with van der Waals surface area (Å²) in [7, 11) is 0. The third-order valence-corrected chi connectivity index (χ3v) is 4.27. The van der Waals surface area contributed by atoms with Gasteiger partial charge in [-0.2, -0.15) is 10.4 Å². The Bertz CT molecular complexity index is 412. The van der Waals surface area contributed by atoms with E-state index in [4.69, 9.17) is 11.1 Å². The second-order valence-electron chi connectivity index (χ2n) is 2.75. The third kappa shape index (κ3) is 1.76. The van der Waals surface area contributed by atoms with Crippen molar-refractivity contribution >= 4 is 28.8 Å². The van der Waals surface area contributed by atoms with Crippen LogP contribution in [0.15, 0.2) is 9.31 Å². The molecule has 0 amide bonds. The zero-order valence-corrected chi connectivity index (χ0v) is 9.92. The van der Waals surface area contributed by atoms with Gasteiger partial charge in [-0.3, -0.25) is 0 Å². The van der Waals surface area contributed by atoms with Crippen molar-refractivity contribution in [2.45, 2.75) is 18.1 Å². The Morgan fingerprint density at radius 2 is 2.29 bits per heavy atom. The molecule has 0 radical (unpaired) electrons. The molecular weight excluding hydrogens is 214 g/mol. The van der Waals surface area contributed by atoms with E-state index < -0.39 is 0 Å². The zero-order valence-electron chi connectivity index (χ0n) is 8.29. The number of nitriles is 1. The molecule has 0 aliphatic rings. The smallest absolute Gasteiger partial charge is 0.110 e. The van der Waals surface area contributed by atoms with Gasteiger partial charge in [-0.15, -0.1) is 23.1 Å². The van der Waals surface area contributed by atoms with Crippen molar-refractivity contribution in [3.05, 3.63) is 16.0 Å². The van der Waals surface area contributed by atoms with Crippen LogP contribution in [-0.4, -0.2) is 12.0 Å². The highest BCUT2D eigenvalue weighted by molar-refractivity contribution is 8.00. The molecule has 0 saturated heterocycles. The van der Waals surface area contributed by atoms with Gasteiger partial charge in [-0.05, 0) is 25.7 Å². The molecule has 14 heavy (non-hydrogen) atoms. The second-order valence-corrected chi connectivity index (χ2v) is 4.84. The van der Waals surface area contributed by atoms with E-state index in [1.807, 2.05) is 20.1 Å². The molecule has 0 aromatic carbocycles. The molecule has 0 atom stereocenters. The first kappa shape index (κ1) is 11.1. The Kier molecular flexibility index (Phi) is 3.55. The number of nitrogens with zero attached hydrogens (tertiary/aromatic N) is 2. The fourth-order valence-corrected chi connectivity index (χ4v) is 3.20. The van der Waals surface area contributed by atoms with Crippen molar-refractivity contribution in [3.63, 3.8) is 0 Å². The highest BCUT2D eigenvalue weighted by atomic mass is 32.2. The van der Waals surface area contributed by atoms with Crippen molar-refractivity contribution in [1.82, 2.24) is 0 Å². The lowest BCUT2D eigenvalue weighted by atomic mass is 10.1. The van der Waals surface area contributed by atoms with Crippen LogP contribution in [-0.2, 0) is 0 Å². The van der Waals surface area contributed by atoms with E-state index in [0.29, 0.717) is 0 Å². The van der Waals surface area contributed by atoms with E-state index in [0.717, 1.165) is 25.9 Å². The lowest BCUT2D eigenvalue weighted by molar-refractivity contribution is 1.23. The molecule has 2 N–H and O–H groups in total. The first-order chi connectivity index (χ1) is 6.65. The van der Waals surface area contributed by atoms with E-state index >= 15 is 0 Å². The number of hydrogen-bond acceptors (Lipinski definition) is 5. The number of thioether (sulfide) groups is 1. The molecule has 1 aromatic rings. The van der Waals surface area contributed by atoms with Crippen molar-refractivity contribution in [1.29, 1.82) is 5.26 Å². The molecule has 0 bridgehead atoms. The molecule has 0 aliphatic heterocycles. The van der Waals surface area contributed by atoms with Gasteiger partial charge in [0.2, 0.25) is 0 Å². The maximum absolute atomic E-state index is 8.89. The maximum atomic E-state index is 8.89. The summed E-state index contributed by atoms with van der Waals surface area (Å²) >= 11 is 3.12. The molecule has 0 fully saturated rings. The van der Waals surface area contributed by atoms with Gasteiger partial charge in [0, 0.05) is 5.56 Å². The van der Waals surface area contributed by atoms with Crippen LogP contribution in [0.3, 0.4) is 0 Å². The number of rotatable bonds is 2. The second kappa shape index (κ2) is 4.49. The minimum atomic E-state index is 0.743. The van der Waals surface area contributed by atoms with E-state index in [2.05, 4.69) is 11.2 Å². The van der Waals surface area contributed by atoms with E-state index in [1.165, 1.54) is 11.3 Å². The molecule has 5 heteroatoms. The predicted octanol–water partition coefficient (Wildman–Crippen LogP) is 2.33. The summed E-state index contributed by atoms with van der Waals surface area (Å²) in [6.45, 7) is 3.79. The topological polar surface area (TPSA) is 62.2 Å². The van der Waals surface area contributed by atoms with Gasteiger partial charge in [-0.25, -0.2) is 0 Å². The molecule has 1 rings (SSSR count). The summed E-state index contributed by atoms with van der Waals surface area (Å²) < 4.78 is 1.10. The number of thiophene rings is 1. The lowest BCUT2D eigenvalue weighted by Crippen LogP contribution is -2.00. The van der Waals surface area contributed by atoms with E-state index in [-0.39, 0.29) is 0 Å². The lowest BCUT2D eigenvalue weighted by Gasteiger charge is -2.00. The van der Waals surface area contributed by atoms with Gasteiger partial charge < -0.3 is 5.84 Å². The Balaban J connectivity index is 3.41. The van der Waals surface area contributed by atoms with Gasteiger partial charge >= 0.3 is 0 Å². The summed E-state index contributed by atoms with van der Waals surface area (Å²) in [6.07, 6.45) is 1.99. The number of hydrogen-bond donors (Lipinski definition) is 1. The fraction of sp³-hybridized carbons (Fsp3) is 0.333. The van der Waals surface area contributed by atoms with E-state index in [1.54, 1.807) is 11.8 Å². The summed E-state index contributed by atoms with van der Waals surface area (Å²) in [5, 5.41) is 12.6. The summed E-state index contributed by atoms with van der Waals surface area (Å²) in [5.41, 5.74) is 2.78. The number of hydrazone groups is 1. The van der Waals surface area contributed by atoms with Crippen LogP contribution in [0.5, 0.6) is 0 Å². The van der Waals surface area contributed by atoms with Crippen molar-refractivity contribution in [2.75, 3.05) is 6.26 Å². The molecule has 1 heterocycles. The Hall–Kier alpha value is -0.990. The van der Waals surface area contributed by atoms with Crippen LogP contribution < -0.4 is 5.84 Å². The summed E-state index contributed by atoms with van der Waals surface area (Å²) in [4.78, 5) is 0.743. The summed E-state index contributed by atoms with van der Waals surface area (Å²) in [5.74, 6) is 5.25. The zero-order chi connectivity index (χ0) is 10.7. The van der Waals surface area contributed by atoms with Crippen molar-refractivity contribution in [3.8, 4) is 6.07 Å². The minimum Gasteiger partial charge on any atom is -0.323 e. The molecule has 0 spiro atoms. The minimum absolute atomic E-state index is 0.743. The molecule has 1 aromatic heterocycles. The van der Waals surface area contributed by atoms with Gasteiger partial charge in [0.25, 0.3) is 0 Å². The SMILES string of the molecule is CSc1sc(C#N)c(C)c1C(C)=NN. The summed E-state index contributed by atoms with van der Waals surface area (Å²) in [6, 6.07) is 2.18. The average molecular weight is 225 g/mol. The van der Waals surface area contributed by atoms with Crippen LogP contribution in [0.1, 0.15) is 22.9 Å². The number of nitrogens with two attached hydrogens (primary N) is 1. The van der Waals surface area contributed by atoms with Crippen LogP contribution >= 0.6 is 23.1 Å². The Labute approximate surface area is 91.6 Å². The molecule has 74 valence electrons.